The number of esters is 3. The minimum atomic E-state index is -4.75. The first kappa shape index (κ1) is 69.4. The summed E-state index contributed by atoms with van der Waals surface area (Å²) in [6, 6.07) is 0. The van der Waals surface area contributed by atoms with Crippen LogP contribution in [0.5, 0.6) is 0 Å². The van der Waals surface area contributed by atoms with E-state index in [-0.39, 0.29) is 25.9 Å². The Hall–Kier alpha value is -2.56. The number of rotatable bonds is 55. The van der Waals surface area contributed by atoms with Crippen molar-refractivity contribution in [1.29, 1.82) is 0 Å². The van der Waals surface area contributed by atoms with Gasteiger partial charge in [-0.1, -0.05) is 249 Å². The largest absolute Gasteiger partial charge is 0.472 e. The third kappa shape index (κ3) is 52.3. The molecule has 0 aliphatic carbocycles. The molecule has 0 spiro atoms. The van der Waals surface area contributed by atoms with Crippen molar-refractivity contribution in [3.05, 3.63) is 48.6 Å². The van der Waals surface area contributed by atoms with Crippen molar-refractivity contribution in [2.75, 3.05) is 26.4 Å². The van der Waals surface area contributed by atoms with Crippen LogP contribution in [0.2, 0.25) is 0 Å². The molecule has 0 rings (SSSR count). The summed E-state index contributed by atoms with van der Waals surface area (Å²) < 4.78 is 39.5. The molecule has 0 saturated heterocycles. The van der Waals surface area contributed by atoms with E-state index in [0.29, 0.717) is 19.3 Å². The van der Waals surface area contributed by atoms with E-state index in [4.69, 9.17) is 23.3 Å². The van der Waals surface area contributed by atoms with Gasteiger partial charge in [0.2, 0.25) is 0 Å². The minimum absolute atomic E-state index is 0.166. The van der Waals surface area contributed by atoms with E-state index in [2.05, 4.69) is 69.4 Å². The first-order valence-electron chi connectivity index (χ1n) is 29.5. The van der Waals surface area contributed by atoms with Crippen LogP contribution in [-0.2, 0) is 42.2 Å². The summed E-state index contributed by atoms with van der Waals surface area (Å²) >= 11 is 0. The number of carbonyl (C=O) groups is 3. The average molecular weight is 1040 g/mol. The summed E-state index contributed by atoms with van der Waals surface area (Å²) in [5.74, 6) is -1.47. The van der Waals surface area contributed by atoms with Gasteiger partial charge in [0.05, 0.1) is 19.8 Å². The van der Waals surface area contributed by atoms with E-state index >= 15 is 0 Å². The highest BCUT2D eigenvalue weighted by molar-refractivity contribution is 7.47. The van der Waals surface area contributed by atoms with Crippen molar-refractivity contribution in [3.63, 3.8) is 0 Å². The van der Waals surface area contributed by atoms with Gasteiger partial charge in [-0.15, -0.1) is 0 Å². The molecule has 0 aliphatic heterocycles. The molecule has 0 aromatic heterocycles. The van der Waals surface area contributed by atoms with Gasteiger partial charge in [-0.3, -0.25) is 23.4 Å². The highest BCUT2D eigenvalue weighted by Crippen LogP contribution is 2.43. The predicted octanol–water partition coefficient (Wildman–Crippen LogP) is 17.4. The van der Waals surface area contributed by atoms with Crippen molar-refractivity contribution in [2.45, 2.75) is 290 Å². The van der Waals surface area contributed by atoms with Crippen LogP contribution in [0.25, 0.3) is 0 Å². The molecule has 0 aromatic rings. The van der Waals surface area contributed by atoms with E-state index in [1.165, 1.54) is 128 Å². The minimum Gasteiger partial charge on any atom is -0.462 e. The summed E-state index contributed by atoms with van der Waals surface area (Å²) in [6.45, 7) is 4.54. The molecule has 0 bridgehead atoms. The summed E-state index contributed by atoms with van der Waals surface area (Å²) in [5.41, 5.74) is 0. The van der Waals surface area contributed by atoms with Crippen molar-refractivity contribution in [2.24, 2.45) is 0 Å². The number of unbranched alkanes of at least 4 members (excludes halogenated alkanes) is 30. The number of carbonyl (C=O) groups excluding carboxylic acids is 3. The summed E-state index contributed by atoms with van der Waals surface area (Å²) in [7, 11) is -4.75. The molecule has 3 unspecified atom stereocenters. The van der Waals surface area contributed by atoms with Crippen LogP contribution in [0, 0.1) is 0 Å². The van der Waals surface area contributed by atoms with Gasteiger partial charge in [0.15, 0.2) is 6.10 Å². The number of hydrogen-bond acceptors (Lipinski definition) is 10. The van der Waals surface area contributed by atoms with E-state index < -0.39 is 57.8 Å². The van der Waals surface area contributed by atoms with E-state index in [9.17, 15) is 28.9 Å². The summed E-state index contributed by atoms with van der Waals surface area (Å²) in [4.78, 5) is 48.5. The monoisotopic (exact) mass is 1040 g/mol. The quantitative estimate of drug-likeness (QED) is 0.0197. The van der Waals surface area contributed by atoms with Gasteiger partial charge in [-0.05, 0) is 57.8 Å². The SMILES string of the molecule is CC/C=C\C/C=C\C/C=C\C/C=C\CCCCCCC(=O)OCC(COP(=O)(O)OCC(CO)OC(=O)CCCCCCCCCCCCCCC)OC(=O)CCCCCCCCCCCCCCCCC. The molecular formula is C60H109O11P. The first-order chi connectivity index (χ1) is 35.2. The predicted molar refractivity (Wildman–Crippen MR) is 298 cm³/mol. The Morgan fingerprint density at radius 2 is 0.722 bits per heavy atom. The maximum atomic E-state index is 12.9. The van der Waals surface area contributed by atoms with Crippen molar-refractivity contribution >= 4 is 25.7 Å². The van der Waals surface area contributed by atoms with E-state index in [0.717, 1.165) is 89.9 Å². The highest BCUT2D eigenvalue weighted by atomic mass is 31.2. The fraction of sp³-hybridized carbons (Fsp3) is 0.817. The molecule has 420 valence electrons. The van der Waals surface area contributed by atoms with Gasteiger partial charge in [-0.25, -0.2) is 4.57 Å². The summed E-state index contributed by atoms with van der Waals surface area (Å²) in [5, 5.41) is 9.81. The first-order valence-corrected chi connectivity index (χ1v) is 31.0. The van der Waals surface area contributed by atoms with Gasteiger partial charge in [0.25, 0.3) is 0 Å². The fourth-order valence-electron chi connectivity index (χ4n) is 8.29. The van der Waals surface area contributed by atoms with Crippen LogP contribution in [0.1, 0.15) is 278 Å². The van der Waals surface area contributed by atoms with Gasteiger partial charge >= 0.3 is 25.7 Å². The molecule has 0 aliphatic rings. The Kier molecular flexibility index (Phi) is 52.7. The molecular weight excluding hydrogens is 928 g/mol. The lowest BCUT2D eigenvalue weighted by molar-refractivity contribution is -0.161. The standard InChI is InChI=1S/C60H109O11P/c1-4-7-10-13-16-19-22-25-27-28-30-32-34-37-40-43-46-49-58(62)67-53-57(71-60(64)51-48-45-42-39-36-33-29-26-23-20-17-14-11-8-5-2)55-69-72(65,66)68-54-56(52-61)70-59(63)50-47-44-41-38-35-31-24-21-18-15-12-9-6-3/h7,10,16,19,25,27,30,32,56-57,61H,4-6,8-9,11-15,17-18,20-24,26,28-29,31,33-55H2,1-3H3,(H,65,66)/b10-7-,19-16-,27-25-,32-30-. The van der Waals surface area contributed by atoms with Gasteiger partial charge in [0.1, 0.15) is 12.7 Å². The normalized spacial score (nSPS) is 13.7. The molecule has 0 aromatic carbocycles. The van der Waals surface area contributed by atoms with Crippen molar-refractivity contribution < 1.29 is 52.2 Å². The smallest absolute Gasteiger partial charge is 0.462 e. The maximum Gasteiger partial charge on any atom is 0.472 e. The van der Waals surface area contributed by atoms with E-state index in [1.54, 1.807) is 0 Å². The number of allylic oxidation sites excluding steroid dienone is 8. The lowest BCUT2D eigenvalue weighted by Crippen LogP contribution is -2.30. The number of ether oxygens (including phenoxy) is 3. The second-order valence-electron chi connectivity index (χ2n) is 19.8. The van der Waals surface area contributed by atoms with Crippen LogP contribution in [0.3, 0.4) is 0 Å². The third-order valence-electron chi connectivity index (χ3n) is 12.8. The number of hydrogen-bond donors (Lipinski definition) is 2. The van der Waals surface area contributed by atoms with Crippen LogP contribution in [0.15, 0.2) is 48.6 Å². The topological polar surface area (TPSA) is 155 Å². The van der Waals surface area contributed by atoms with Crippen molar-refractivity contribution in [1.82, 2.24) is 0 Å². The Morgan fingerprint density at radius 1 is 0.403 bits per heavy atom. The number of phosphoric ester groups is 1. The van der Waals surface area contributed by atoms with Crippen LogP contribution < -0.4 is 0 Å². The Labute approximate surface area is 441 Å². The number of phosphoric acid groups is 1. The van der Waals surface area contributed by atoms with Crippen LogP contribution in [0.4, 0.5) is 0 Å². The molecule has 0 amide bonds. The number of aliphatic hydroxyl groups is 1. The second kappa shape index (κ2) is 54.7. The zero-order valence-electron chi connectivity index (χ0n) is 46.4. The van der Waals surface area contributed by atoms with Crippen LogP contribution >= 0.6 is 7.82 Å². The Balaban J connectivity index is 4.73. The fourth-order valence-corrected chi connectivity index (χ4v) is 9.07. The van der Waals surface area contributed by atoms with Gasteiger partial charge < -0.3 is 24.2 Å². The van der Waals surface area contributed by atoms with Crippen molar-refractivity contribution in [3.8, 4) is 0 Å². The Bertz CT molecular complexity index is 1400. The molecule has 72 heavy (non-hydrogen) atoms. The molecule has 12 heteroatoms. The zero-order chi connectivity index (χ0) is 52.7. The highest BCUT2D eigenvalue weighted by Gasteiger charge is 2.28. The molecule has 0 heterocycles. The van der Waals surface area contributed by atoms with Gasteiger partial charge in [0, 0.05) is 19.3 Å². The summed E-state index contributed by atoms with van der Waals surface area (Å²) in [6.07, 6.45) is 57.8. The third-order valence-corrected chi connectivity index (χ3v) is 13.7. The van der Waals surface area contributed by atoms with Gasteiger partial charge in [-0.2, -0.15) is 0 Å². The Morgan fingerprint density at radius 3 is 1.11 bits per heavy atom. The molecule has 0 radical (unpaired) electrons. The van der Waals surface area contributed by atoms with Crippen LogP contribution in [-0.4, -0.2) is 66.5 Å². The molecule has 0 fully saturated rings. The molecule has 2 N–H and O–H groups in total. The lowest BCUT2D eigenvalue weighted by Gasteiger charge is -2.21. The second-order valence-corrected chi connectivity index (χ2v) is 21.2. The lowest BCUT2D eigenvalue weighted by atomic mass is 10.0. The molecule has 0 saturated carbocycles. The van der Waals surface area contributed by atoms with E-state index in [1.807, 2.05) is 0 Å². The average Bonchev–Trinajstić information content (AvgIpc) is 3.37. The zero-order valence-corrected chi connectivity index (χ0v) is 47.3. The molecule has 11 nitrogen and oxygen atoms in total. The number of aliphatic hydroxyl groups excluding tert-OH is 1. The molecule has 3 atom stereocenters. The maximum absolute atomic E-state index is 12.9.